The molecule has 4 N–H and O–H groups in total. The van der Waals surface area contributed by atoms with Crippen LogP contribution in [0.3, 0.4) is 0 Å². The predicted octanol–water partition coefficient (Wildman–Crippen LogP) is 6.35. The Morgan fingerprint density at radius 3 is 2.60 bits per heavy atom. The second-order valence-corrected chi connectivity index (χ2v) is 16.1. The first-order valence-electron chi connectivity index (χ1n) is 20.5. The number of phenolic OH excluding ortho intramolecular Hbond substituents is 2. The molecule has 0 amide bonds. The molecule has 58 heavy (non-hydrogen) atoms. The topological polar surface area (TPSA) is 122 Å². The van der Waals surface area contributed by atoms with Crippen LogP contribution in [-0.4, -0.2) is 61.6 Å². The number of phenols is 2. The molecule has 0 fully saturated rings. The number of aliphatic hydroxyl groups is 1. The highest BCUT2D eigenvalue weighted by Crippen LogP contribution is 2.59. The molecule has 0 unspecified atom stereocenters. The smallest absolute Gasteiger partial charge is 0.161 e. The summed E-state index contributed by atoms with van der Waals surface area (Å²) >= 11 is 0. The lowest BCUT2D eigenvalue weighted by Crippen LogP contribution is -2.37. The third-order valence-corrected chi connectivity index (χ3v) is 12.8. The Morgan fingerprint density at radius 2 is 1.78 bits per heavy atom. The Labute approximate surface area is 337 Å². The molecule has 5 aromatic carbocycles. The summed E-state index contributed by atoms with van der Waals surface area (Å²) in [5.74, 6) is 2.47. The van der Waals surface area contributed by atoms with Gasteiger partial charge in [0.15, 0.2) is 17.6 Å². The number of rotatable bonds is 10. The van der Waals surface area contributed by atoms with Crippen LogP contribution in [0.15, 0.2) is 83.9 Å². The summed E-state index contributed by atoms with van der Waals surface area (Å²) in [7, 11) is 3.45. The Balaban J connectivity index is 1.12. The first-order chi connectivity index (χ1) is 28.4. The van der Waals surface area contributed by atoms with Crippen molar-refractivity contribution >= 4 is 12.2 Å². The molecular formula is C49H48N2O7. The van der Waals surface area contributed by atoms with Gasteiger partial charge < -0.3 is 34.3 Å². The summed E-state index contributed by atoms with van der Waals surface area (Å²) in [4.78, 5) is 4.64. The number of nitrogens with zero attached hydrogens (tertiary/aromatic N) is 1. The summed E-state index contributed by atoms with van der Waals surface area (Å²) in [6.45, 7) is 0.941. The van der Waals surface area contributed by atoms with Gasteiger partial charge in [-0.3, -0.25) is 10.3 Å². The lowest BCUT2D eigenvalue weighted by Gasteiger charge is -2.43. The standard InChI is InChI=1S/C49H48N2O7/c1-50-26-56-43-24-39-38-23-37-33(28-10-16-40-29(20-28)18-19-51-40)13-14-34-41(53)17-15-35(44(34)37)45(38)49-36(12-11-32(25-52)57-49)48(39)58-47(43)31-21-30(46(54)42(22-31)55-2)9-8-27-6-4-3-5-7-27/h3-7,10,13-18,20-22,32-33,37,43,47,50,52-54H,8-9,11-12,19,23-26H2,1-2H3/t32-,33-,37-,43-,47-/m1/s1. The number of fused-ring (bicyclic) bond motifs is 8. The van der Waals surface area contributed by atoms with Crippen molar-refractivity contribution in [2.45, 2.75) is 68.7 Å². The van der Waals surface area contributed by atoms with Gasteiger partial charge in [0, 0.05) is 34.6 Å². The monoisotopic (exact) mass is 776 g/mol. The van der Waals surface area contributed by atoms with Crippen molar-refractivity contribution < 1.29 is 34.3 Å². The van der Waals surface area contributed by atoms with Crippen LogP contribution in [0.2, 0.25) is 0 Å². The van der Waals surface area contributed by atoms with Crippen LogP contribution in [-0.2, 0) is 36.8 Å². The molecule has 5 aromatic rings. The van der Waals surface area contributed by atoms with E-state index >= 15 is 0 Å². The summed E-state index contributed by atoms with van der Waals surface area (Å²) in [6, 6.07) is 24.6. The van der Waals surface area contributed by atoms with E-state index in [4.69, 9.17) is 18.9 Å². The molecule has 10 rings (SSSR count). The van der Waals surface area contributed by atoms with Gasteiger partial charge in [-0.05, 0) is 120 Å². The van der Waals surface area contributed by atoms with E-state index in [1.165, 1.54) is 11.1 Å². The van der Waals surface area contributed by atoms with Crippen molar-refractivity contribution in [1.29, 1.82) is 0 Å². The zero-order valence-corrected chi connectivity index (χ0v) is 32.8. The largest absolute Gasteiger partial charge is 0.507 e. The van der Waals surface area contributed by atoms with Crippen molar-refractivity contribution in [3.63, 3.8) is 0 Å². The highest BCUT2D eigenvalue weighted by atomic mass is 16.6. The van der Waals surface area contributed by atoms with E-state index in [0.717, 1.165) is 78.6 Å². The molecule has 0 bridgehead atoms. The number of aromatic hydroxyl groups is 2. The zero-order valence-electron chi connectivity index (χ0n) is 32.8. The molecule has 3 heterocycles. The number of benzene rings is 5. The number of hydrogen-bond donors (Lipinski definition) is 4. The summed E-state index contributed by atoms with van der Waals surface area (Å²) < 4.78 is 26.5. The molecule has 5 aliphatic rings. The van der Waals surface area contributed by atoms with Gasteiger partial charge in [0.05, 0.1) is 32.3 Å². The fourth-order valence-corrected chi connectivity index (χ4v) is 10.1. The fourth-order valence-electron chi connectivity index (χ4n) is 10.1. The van der Waals surface area contributed by atoms with Gasteiger partial charge in [-0.2, -0.15) is 0 Å². The zero-order chi connectivity index (χ0) is 39.5. The van der Waals surface area contributed by atoms with Gasteiger partial charge in [-0.15, -0.1) is 0 Å². The van der Waals surface area contributed by atoms with Crippen LogP contribution in [0.1, 0.15) is 74.4 Å². The van der Waals surface area contributed by atoms with Gasteiger partial charge in [-0.1, -0.05) is 60.7 Å². The molecule has 9 nitrogen and oxygen atoms in total. The fraction of sp³-hybridized carbons (Fsp3) is 0.327. The van der Waals surface area contributed by atoms with Crippen LogP contribution in [0, 0.1) is 0 Å². The number of hydrogen-bond acceptors (Lipinski definition) is 9. The third-order valence-electron chi connectivity index (χ3n) is 12.8. The number of nitrogens with one attached hydrogen (secondary N) is 1. The van der Waals surface area contributed by atoms with Crippen molar-refractivity contribution in [3.05, 3.63) is 140 Å². The predicted molar refractivity (Wildman–Crippen MR) is 223 cm³/mol. The van der Waals surface area contributed by atoms with Crippen LogP contribution >= 0.6 is 0 Å². The quantitative estimate of drug-likeness (QED) is 0.121. The van der Waals surface area contributed by atoms with Crippen LogP contribution in [0.25, 0.3) is 23.3 Å². The second-order valence-electron chi connectivity index (χ2n) is 16.1. The maximum absolute atomic E-state index is 11.3. The minimum atomic E-state index is -0.513. The lowest BCUT2D eigenvalue weighted by molar-refractivity contribution is -0.0436. The van der Waals surface area contributed by atoms with E-state index in [1.807, 2.05) is 43.4 Å². The molecule has 296 valence electrons. The first kappa shape index (κ1) is 36.7. The number of methoxy groups -OCH3 is 1. The molecule has 0 radical (unpaired) electrons. The maximum atomic E-state index is 11.3. The minimum absolute atomic E-state index is 0.0355. The number of ether oxygens (including phenoxy) is 4. The Morgan fingerprint density at radius 1 is 0.897 bits per heavy atom. The van der Waals surface area contributed by atoms with Gasteiger partial charge in [0.1, 0.15) is 29.5 Å². The molecular weight excluding hydrogens is 729 g/mol. The van der Waals surface area contributed by atoms with Crippen LogP contribution in [0.4, 0.5) is 0 Å². The Kier molecular flexibility index (Phi) is 9.47. The van der Waals surface area contributed by atoms with Crippen molar-refractivity contribution in [2.24, 2.45) is 4.99 Å². The average Bonchev–Trinajstić information content (AvgIpc) is 3.74. The van der Waals surface area contributed by atoms with Gasteiger partial charge >= 0.3 is 0 Å². The van der Waals surface area contributed by atoms with E-state index in [0.29, 0.717) is 51.1 Å². The van der Waals surface area contributed by atoms with Gasteiger partial charge in [0.25, 0.3) is 0 Å². The number of aryl methyl sites for hydroxylation is 2. The summed E-state index contributed by atoms with van der Waals surface area (Å²) in [5, 5.41) is 38.4. The molecule has 0 aromatic heterocycles. The first-order valence-corrected chi connectivity index (χ1v) is 20.5. The van der Waals surface area contributed by atoms with Crippen LogP contribution < -0.4 is 30.1 Å². The normalized spacial score (nSPS) is 21.9. The second kappa shape index (κ2) is 15.0. The highest BCUT2D eigenvalue weighted by Gasteiger charge is 2.44. The Bertz CT molecular complexity index is 2590. The summed E-state index contributed by atoms with van der Waals surface area (Å²) in [5.41, 5.74) is 11.4. The molecule has 2 aliphatic carbocycles. The molecule has 5 atom stereocenters. The van der Waals surface area contributed by atoms with Gasteiger partial charge in [-0.25, -0.2) is 0 Å². The molecule has 0 saturated heterocycles. The lowest BCUT2D eigenvalue weighted by atomic mass is 9.65. The van der Waals surface area contributed by atoms with Crippen LogP contribution in [0.5, 0.6) is 28.7 Å². The molecule has 0 spiro atoms. The van der Waals surface area contributed by atoms with Crippen molar-refractivity contribution in [3.8, 4) is 39.9 Å². The third kappa shape index (κ3) is 6.15. The maximum Gasteiger partial charge on any atom is 0.161 e. The van der Waals surface area contributed by atoms with Gasteiger partial charge in [0.2, 0.25) is 0 Å². The van der Waals surface area contributed by atoms with E-state index in [1.54, 1.807) is 13.2 Å². The van der Waals surface area contributed by atoms with Crippen molar-refractivity contribution in [1.82, 2.24) is 5.32 Å². The average molecular weight is 777 g/mol. The molecule has 3 aliphatic heterocycles. The SMILES string of the molecule is CNCO[C@@H]1Cc2c3c(c4c(c2O[C@@H]1c1cc(CCc2ccccc2)c(O)c(OC)c1)CC[C@H](CO)O4)-c1ccc(O)c2c1[C@H](C3)[C@@H](c1ccc3c(c1)=CCN=3)C=C2. The molecule has 9 heteroatoms. The highest BCUT2D eigenvalue weighted by molar-refractivity contribution is 5.88. The van der Waals surface area contributed by atoms with Crippen molar-refractivity contribution in [2.75, 3.05) is 34.0 Å². The summed E-state index contributed by atoms with van der Waals surface area (Å²) in [6.07, 6.45) is 9.28. The number of allylic oxidation sites excluding steroid dienone is 1. The van der Waals surface area contributed by atoms with E-state index in [-0.39, 0.29) is 42.1 Å². The van der Waals surface area contributed by atoms with E-state index < -0.39 is 6.10 Å². The Hall–Kier alpha value is -5.61. The molecule has 0 saturated carbocycles. The van der Waals surface area contributed by atoms with E-state index in [2.05, 4.69) is 58.9 Å². The number of aliphatic hydroxyl groups excluding tert-OH is 1. The minimum Gasteiger partial charge on any atom is -0.507 e. The van der Waals surface area contributed by atoms with E-state index in [9.17, 15) is 15.3 Å².